The van der Waals surface area contributed by atoms with Crippen LogP contribution in [0.1, 0.15) is 31.4 Å². The van der Waals surface area contributed by atoms with Gasteiger partial charge in [0, 0.05) is 11.1 Å². The van der Waals surface area contributed by atoms with Gasteiger partial charge in [0.15, 0.2) is 0 Å². The largest absolute Gasteiger partial charge is 0.253 e. The molecule has 0 unspecified atom stereocenters. The highest BCUT2D eigenvalue weighted by Crippen LogP contribution is 2.13. The van der Waals surface area contributed by atoms with Crippen molar-refractivity contribution in [1.82, 2.24) is 4.98 Å². The molecular formula is C15H18N. The molecule has 83 valence electrons. The van der Waals surface area contributed by atoms with Gasteiger partial charge in [0.25, 0.3) is 0 Å². The summed E-state index contributed by atoms with van der Waals surface area (Å²) in [6.45, 7) is 3.86. The topological polar surface area (TPSA) is 12.9 Å². The molecule has 1 nitrogen and oxygen atoms in total. The molecular weight excluding hydrogens is 194 g/mol. The van der Waals surface area contributed by atoms with E-state index in [0.717, 1.165) is 18.4 Å². The van der Waals surface area contributed by atoms with Crippen LogP contribution in [0.4, 0.5) is 0 Å². The first-order valence-corrected chi connectivity index (χ1v) is 6.04. The molecule has 2 aromatic rings. The molecule has 1 heteroatoms. The number of rotatable bonds is 5. The Bertz CT molecular complexity index is 448. The number of para-hydroxylation sites is 1. The van der Waals surface area contributed by atoms with Crippen molar-refractivity contribution in [2.45, 2.75) is 32.1 Å². The summed E-state index contributed by atoms with van der Waals surface area (Å²) in [7, 11) is 0. The second-order valence-electron chi connectivity index (χ2n) is 4.16. The van der Waals surface area contributed by atoms with Gasteiger partial charge in [-0.2, -0.15) is 0 Å². The number of unbranched alkanes of at least 4 members (excludes halogenated alkanes) is 3. The Morgan fingerprint density at radius 3 is 2.69 bits per heavy atom. The number of nitrogens with zero attached hydrogens (tertiary/aromatic N) is 1. The third kappa shape index (κ3) is 2.82. The maximum absolute atomic E-state index is 4.66. The molecule has 0 saturated heterocycles. The molecule has 1 radical (unpaired) electrons. The second-order valence-corrected chi connectivity index (χ2v) is 4.16. The van der Waals surface area contributed by atoms with Crippen molar-refractivity contribution in [2.75, 3.05) is 0 Å². The Hall–Kier alpha value is -1.37. The van der Waals surface area contributed by atoms with E-state index in [-0.39, 0.29) is 0 Å². The molecule has 0 bridgehead atoms. The maximum atomic E-state index is 4.66. The van der Waals surface area contributed by atoms with E-state index in [1.807, 2.05) is 6.07 Å². The molecule has 16 heavy (non-hydrogen) atoms. The Balaban J connectivity index is 2.02. The van der Waals surface area contributed by atoms with Gasteiger partial charge in [0.1, 0.15) is 0 Å². The van der Waals surface area contributed by atoms with Crippen molar-refractivity contribution in [3.63, 3.8) is 0 Å². The van der Waals surface area contributed by atoms with Gasteiger partial charge >= 0.3 is 0 Å². The highest BCUT2D eigenvalue weighted by Gasteiger charge is 1.97. The average Bonchev–Trinajstić information content (AvgIpc) is 2.34. The summed E-state index contributed by atoms with van der Waals surface area (Å²) in [5.41, 5.74) is 2.32. The zero-order valence-electron chi connectivity index (χ0n) is 9.65. The predicted molar refractivity (Wildman–Crippen MR) is 69.3 cm³/mol. The number of hydrogen-bond donors (Lipinski definition) is 0. The van der Waals surface area contributed by atoms with Crippen molar-refractivity contribution in [2.24, 2.45) is 0 Å². The summed E-state index contributed by atoms with van der Waals surface area (Å²) in [4.78, 5) is 4.66. The zero-order chi connectivity index (χ0) is 11.2. The Kier molecular flexibility index (Phi) is 3.92. The van der Waals surface area contributed by atoms with E-state index in [2.05, 4.69) is 42.2 Å². The first-order chi connectivity index (χ1) is 7.90. The van der Waals surface area contributed by atoms with Crippen LogP contribution in [-0.4, -0.2) is 4.98 Å². The van der Waals surface area contributed by atoms with Crippen molar-refractivity contribution >= 4 is 10.9 Å². The normalized spacial score (nSPS) is 10.8. The molecule has 0 aliphatic heterocycles. The van der Waals surface area contributed by atoms with Crippen LogP contribution in [0.5, 0.6) is 0 Å². The fourth-order valence-corrected chi connectivity index (χ4v) is 1.91. The van der Waals surface area contributed by atoms with Crippen molar-refractivity contribution in [3.8, 4) is 0 Å². The minimum Gasteiger partial charge on any atom is -0.253 e. The summed E-state index contributed by atoms with van der Waals surface area (Å²) in [6.07, 6.45) is 5.85. The maximum Gasteiger partial charge on any atom is 0.0705 e. The molecule has 0 saturated carbocycles. The van der Waals surface area contributed by atoms with Crippen LogP contribution in [0, 0.1) is 6.92 Å². The molecule has 0 fully saturated rings. The fourth-order valence-electron chi connectivity index (χ4n) is 1.91. The first kappa shape index (κ1) is 11.1. The molecule has 1 aromatic carbocycles. The van der Waals surface area contributed by atoms with Crippen LogP contribution < -0.4 is 0 Å². The van der Waals surface area contributed by atoms with Crippen LogP contribution >= 0.6 is 0 Å². The summed E-state index contributed by atoms with van der Waals surface area (Å²) in [5.74, 6) is 0. The third-order valence-corrected chi connectivity index (χ3v) is 2.84. The number of benzene rings is 1. The lowest BCUT2D eigenvalue weighted by Gasteiger charge is -2.02. The lowest BCUT2D eigenvalue weighted by atomic mass is 10.1. The van der Waals surface area contributed by atoms with Gasteiger partial charge in [-0.3, -0.25) is 4.98 Å². The summed E-state index contributed by atoms with van der Waals surface area (Å²) < 4.78 is 0. The standard InChI is InChI=1S/C15H18N/c1-2-3-4-5-9-14-12-11-13-8-6-7-10-15(13)16-14/h6-8,10-12H,1-5,9H2. The lowest BCUT2D eigenvalue weighted by molar-refractivity contribution is 0.679. The first-order valence-electron chi connectivity index (χ1n) is 6.04. The van der Waals surface area contributed by atoms with Crippen LogP contribution in [0.3, 0.4) is 0 Å². The predicted octanol–water partition coefficient (Wildman–Crippen LogP) is 4.17. The van der Waals surface area contributed by atoms with E-state index in [0.29, 0.717) is 0 Å². The zero-order valence-corrected chi connectivity index (χ0v) is 9.65. The van der Waals surface area contributed by atoms with Gasteiger partial charge in [-0.1, -0.05) is 50.5 Å². The molecule has 0 N–H and O–H groups in total. The van der Waals surface area contributed by atoms with E-state index in [1.165, 1.54) is 30.3 Å². The summed E-state index contributed by atoms with van der Waals surface area (Å²) >= 11 is 0. The van der Waals surface area contributed by atoms with Crippen LogP contribution in [-0.2, 0) is 6.42 Å². The van der Waals surface area contributed by atoms with Crippen LogP contribution in [0.25, 0.3) is 10.9 Å². The van der Waals surface area contributed by atoms with Crippen LogP contribution in [0.2, 0.25) is 0 Å². The number of aryl methyl sites for hydroxylation is 1. The Labute approximate surface area is 97.5 Å². The minimum atomic E-state index is 1.05. The second kappa shape index (κ2) is 5.64. The van der Waals surface area contributed by atoms with E-state index >= 15 is 0 Å². The SMILES string of the molecule is [CH2]CCCCCc1ccc2ccccc2n1. The minimum absolute atomic E-state index is 1.05. The molecule has 0 atom stereocenters. The average molecular weight is 212 g/mol. The monoisotopic (exact) mass is 212 g/mol. The lowest BCUT2D eigenvalue weighted by Crippen LogP contribution is -1.91. The number of aromatic nitrogens is 1. The fraction of sp³-hybridized carbons (Fsp3) is 0.333. The molecule has 0 aliphatic carbocycles. The third-order valence-electron chi connectivity index (χ3n) is 2.84. The van der Waals surface area contributed by atoms with E-state index < -0.39 is 0 Å². The Morgan fingerprint density at radius 1 is 0.938 bits per heavy atom. The molecule has 0 amide bonds. The number of fused-ring (bicyclic) bond motifs is 1. The van der Waals surface area contributed by atoms with E-state index in [4.69, 9.17) is 0 Å². The molecule has 2 rings (SSSR count). The number of hydrogen-bond acceptors (Lipinski definition) is 1. The molecule has 0 spiro atoms. The highest BCUT2D eigenvalue weighted by molar-refractivity contribution is 5.78. The quantitative estimate of drug-likeness (QED) is 0.678. The van der Waals surface area contributed by atoms with E-state index in [1.54, 1.807) is 0 Å². The van der Waals surface area contributed by atoms with Crippen molar-refractivity contribution in [1.29, 1.82) is 0 Å². The molecule has 1 heterocycles. The highest BCUT2D eigenvalue weighted by atomic mass is 14.7. The Morgan fingerprint density at radius 2 is 1.81 bits per heavy atom. The molecule has 1 aromatic heterocycles. The van der Waals surface area contributed by atoms with Gasteiger partial charge in [0.2, 0.25) is 0 Å². The summed E-state index contributed by atoms with van der Waals surface area (Å²) in [5, 5.41) is 1.23. The van der Waals surface area contributed by atoms with Crippen molar-refractivity contribution in [3.05, 3.63) is 49.0 Å². The number of pyridine rings is 1. The summed E-state index contributed by atoms with van der Waals surface area (Å²) in [6, 6.07) is 12.6. The smallest absolute Gasteiger partial charge is 0.0705 e. The van der Waals surface area contributed by atoms with Gasteiger partial charge in [0.05, 0.1) is 5.52 Å². The van der Waals surface area contributed by atoms with Gasteiger partial charge in [-0.15, -0.1) is 0 Å². The molecule has 0 aliphatic rings. The van der Waals surface area contributed by atoms with Gasteiger partial charge in [-0.25, -0.2) is 0 Å². The van der Waals surface area contributed by atoms with Crippen LogP contribution in [0.15, 0.2) is 36.4 Å². The van der Waals surface area contributed by atoms with Crippen molar-refractivity contribution < 1.29 is 0 Å². The van der Waals surface area contributed by atoms with E-state index in [9.17, 15) is 0 Å². The van der Waals surface area contributed by atoms with Gasteiger partial charge < -0.3 is 0 Å². The van der Waals surface area contributed by atoms with Gasteiger partial charge in [-0.05, 0) is 25.0 Å².